The molecule has 1 aromatic carbocycles. The first-order valence-corrected chi connectivity index (χ1v) is 8.81. The average molecular weight is 330 g/mol. The van der Waals surface area contributed by atoms with Gasteiger partial charge in [0.2, 0.25) is 11.8 Å². The predicted molar refractivity (Wildman–Crippen MR) is 91.3 cm³/mol. The predicted octanol–water partition coefficient (Wildman–Crippen LogP) is 1.98. The summed E-state index contributed by atoms with van der Waals surface area (Å²) in [4.78, 5) is 27.9. The molecule has 24 heavy (non-hydrogen) atoms. The number of hydrogen-bond acceptors (Lipinski definition) is 3. The Balaban J connectivity index is 1.44. The van der Waals surface area contributed by atoms with E-state index in [0.717, 1.165) is 0 Å². The van der Waals surface area contributed by atoms with Gasteiger partial charge in [0, 0.05) is 32.6 Å². The van der Waals surface area contributed by atoms with E-state index in [2.05, 4.69) is 19.1 Å². The molecule has 0 radical (unpaired) electrons. The van der Waals surface area contributed by atoms with Crippen molar-refractivity contribution in [1.82, 2.24) is 9.80 Å². The van der Waals surface area contributed by atoms with Crippen molar-refractivity contribution in [3.8, 4) is 0 Å². The lowest BCUT2D eigenvalue weighted by atomic mass is 9.94. The van der Waals surface area contributed by atoms with Crippen LogP contribution in [-0.4, -0.2) is 53.9 Å². The van der Waals surface area contributed by atoms with Crippen molar-refractivity contribution in [2.75, 3.05) is 26.2 Å². The summed E-state index contributed by atoms with van der Waals surface area (Å²) in [6.45, 7) is 7.23. The van der Waals surface area contributed by atoms with Crippen molar-refractivity contribution in [2.45, 2.75) is 39.4 Å². The maximum Gasteiger partial charge on any atom is 0.227 e. The number of hydrogen-bond donors (Lipinski definition) is 0. The van der Waals surface area contributed by atoms with Crippen LogP contribution in [0.3, 0.4) is 0 Å². The van der Waals surface area contributed by atoms with Crippen molar-refractivity contribution >= 4 is 11.8 Å². The molecule has 5 nitrogen and oxygen atoms in total. The standard InChI is InChI=1S/C19H26N2O3/c1-3-20-10-15(8-9-18(20)22)19(23)21-11-17(12-21)24-13-16-7-5-4-6-14(16)2/h4-7,15,17H,3,8-13H2,1-2H3/t15-/m0/s1. The fourth-order valence-corrected chi connectivity index (χ4v) is 3.38. The van der Waals surface area contributed by atoms with Crippen LogP contribution in [0.5, 0.6) is 0 Å². The van der Waals surface area contributed by atoms with Gasteiger partial charge in [-0.15, -0.1) is 0 Å². The number of piperidine rings is 1. The molecule has 2 heterocycles. The van der Waals surface area contributed by atoms with Gasteiger partial charge in [-0.2, -0.15) is 0 Å². The number of likely N-dealkylation sites (tertiary alicyclic amines) is 2. The normalized spacial score (nSPS) is 21.8. The third kappa shape index (κ3) is 3.61. The van der Waals surface area contributed by atoms with Crippen LogP contribution in [0.2, 0.25) is 0 Å². The molecule has 2 aliphatic rings. The lowest BCUT2D eigenvalue weighted by molar-refractivity contribution is -0.154. The number of nitrogens with zero attached hydrogens (tertiary/aromatic N) is 2. The quantitative estimate of drug-likeness (QED) is 0.829. The third-order valence-electron chi connectivity index (χ3n) is 5.13. The van der Waals surface area contributed by atoms with Gasteiger partial charge in [-0.25, -0.2) is 0 Å². The molecule has 1 aromatic rings. The topological polar surface area (TPSA) is 49.9 Å². The lowest BCUT2D eigenvalue weighted by Gasteiger charge is -2.42. The number of carbonyl (C=O) groups excluding carboxylic acids is 2. The fourth-order valence-electron chi connectivity index (χ4n) is 3.38. The Morgan fingerprint density at radius 1 is 1.25 bits per heavy atom. The highest BCUT2D eigenvalue weighted by atomic mass is 16.5. The van der Waals surface area contributed by atoms with E-state index in [0.29, 0.717) is 45.6 Å². The highest BCUT2D eigenvalue weighted by Gasteiger charge is 2.37. The van der Waals surface area contributed by atoms with Gasteiger partial charge < -0.3 is 14.5 Å². The van der Waals surface area contributed by atoms with Gasteiger partial charge in [0.1, 0.15) is 0 Å². The van der Waals surface area contributed by atoms with Crippen molar-refractivity contribution in [1.29, 1.82) is 0 Å². The first-order chi connectivity index (χ1) is 11.6. The van der Waals surface area contributed by atoms with Crippen molar-refractivity contribution in [2.24, 2.45) is 5.92 Å². The summed E-state index contributed by atoms with van der Waals surface area (Å²) in [7, 11) is 0. The van der Waals surface area contributed by atoms with E-state index < -0.39 is 0 Å². The zero-order valence-corrected chi connectivity index (χ0v) is 14.5. The van der Waals surface area contributed by atoms with Crippen molar-refractivity contribution < 1.29 is 14.3 Å². The van der Waals surface area contributed by atoms with Crippen LogP contribution in [-0.2, 0) is 20.9 Å². The van der Waals surface area contributed by atoms with E-state index in [1.807, 2.05) is 24.0 Å². The van der Waals surface area contributed by atoms with Crippen molar-refractivity contribution in [3.63, 3.8) is 0 Å². The van der Waals surface area contributed by atoms with Crippen LogP contribution in [0, 0.1) is 12.8 Å². The molecule has 0 aromatic heterocycles. The Hall–Kier alpha value is -1.88. The first kappa shape index (κ1) is 17.0. The van der Waals surface area contributed by atoms with Crippen LogP contribution in [0.1, 0.15) is 30.9 Å². The molecule has 3 rings (SSSR count). The Kier molecular flexibility index (Phi) is 5.19. The second-order valence-corrected chi connectivity index (χ2v) is 6.77. The molecule has 130 valence electrons. The van der Waals surface area contributed by atoms with Crippen LogP contribution >= 0.6 is 0 Å². The van der Waals surface area contributed by atoms with E-state index >= 15 is 0 Å². The van der Waals surface area contributed by atoms with Gasteiger partial charge in [0.05, 0.1) is 18.6 Å². The van der Waals surface area contributed by atoms with Gasteiger partial charge in [-0.1, -0.05) is 24.3 Å². The lowest BCUT2D eigenvalue weighted by Crippen LogP contribution is -2.58. The Labute approximate surface area is 143 Å². The molecule has 5 heteroatoms. The summed E-state index contributed by atoms with van der Waals surface area (Å²) in [6.07, 6.45) is 1.30. The largest absolute Gasteiger partial charge is 0.370 e. The van der Waals surface area contributed by atoms with E-state index in [4.69, 9.17) is 4.74 Å². The zero-order chi connectivity index (χ0) is 17.1. The minimum Gasteiger partial charge on any atom is -0.370 e. The molecular weight excluding hydrogens is 304 g/mol. The summed E-state index contributed by atoms with van der Waals surface area (Å²) >= 11 is 0. The van der Waals surface area contributed by atoms with Crippen molar-refractivity contribution in [3.05, 3.63) is 35.4 Å². The molecule has 0 spiro atoms. The SMILES string of the molecule is CCN1C[C@@H](C(=O)N2CC(OCc3ccccc3C)C2)CCC1=O. The summed E-state index contributed by atoms with van der Waals surface area (Å²) in [5, 5.41) is 0. The average Bonchev–Trinajstić information content (AvgIpc) is 2.55. The molecule has 0 bridgehead atoms. The second-order valence-electron chi connectivity index (χ2n) is 6.77. The van der Waals surface area contributed by atoms with Crippen LogP contribution in [0.15, 0.2) is 24.3 Å². The smallest absolute Gasteiger partial charge is 0.227 e. The molecular formula is C19H26N2O3. The Morgan fingerprint density at radius 3 is 2.71 bits per heavy atom. The second kappa shape index (κ2) is 7.34. The van der Waals surface area contributed by atoms with E-state index in [1.54, 1.807) is 4.90 Å². The molecule has 0 aliphatic carbocycles. The molecule has 1 atom stereocenters. The molecule has 0 saturated carbocycles. The number of carbonyl (C=O) groups is 2. The van der Waals surface area contributed by atoms with E-state index in [9.17, 15) is 9.59 Å². The summed E-state index contributed by atoms with van der Waals surface area (Å²) in [6, 6.07) is 8.21. The minimum atomic E-state index is -0.0417. The highest BCUT2D eigenvalue weighted by molar-refractivity contribution is 5.84. The van der Waals surface area contributed by atoms with Gasteiger partial charge >= 0.3 is 0 Å². The zero-order valence-electron chi connectivity index (χ0n) is 14.5. The van der Waals surface area contributed by atoms with Gasteiger partial charge in [0.15, 0.2) is 0 Å². The molecule has 2 fully saturated rings. The van der Waals surface area contributed by atoms with Crippen LogP contribution in [0.25, 0.3) is 0 Å². The minimum absolute atomic E-state index is 0.0417. The van der Waals surface area contributed by atoms with Crippen LogP contribution < -0.4 is 0 Å². The van der Waals surface area contributed by atoms with Crippen LogP contribution in [0.4, 0.5) is 0 Å². The maximum atomic E-state index is 12.6. The number of amides is 2. The van der Waals surface area contributed by atoms with Gasteiger partial charge in [-0.3, -0.25) is 9.59 Å². The first-order valence-electron chi connectivity index (χ1n) is 8.81. The third-order valence-corrected chi connectivity index (χ3v) is 5.13. The monoisotopic (exact) mass is 330 g/mol. The summed E-state index contributed by atoms with van der Waals surface area (Å²) in [5.74, 6) is 0.307. The number of ether oxygens (including phenoxy) is 1. The number of rotatable bonds is 5. The molecule has 2 saturated heterocycles. The number of benzene rings is 1. The number of aryl methyl sites for hydroxylation is 1. The van der Waals surface area contributed by atoms with E-state index in [-0.39, 0.29) is 23.8 Å². The summed E-state index contributed by atoms with van der Waals surface area (Å²) < 4.78 is 5.91. The van der Waals surface area contributed by atoms with Gasteiger partial charge in [0.25, 0.3) is 0 Å². The van der Waals surface area contributed by atoms with E-state index in [1.165, 1.54) is 11.1 Å². The molecule has 2 aliphatic heterocycles. The Morgan fingerprint density at radius 2 is 2.00 bits per heavy atom. The molecule has 0 N–H and O–H groups in total. The summed E-state index contributed by atoms with van der Waals surface area (Å²) in [5.41, 5.74) is 2.43. The maximum absolute atomic E-state index is 12.6. The fraction of sp³-hybridized carbons (Fsp3) is 0.579. The molecule has 2 amide bonds. The highest BCUT2D eigenvalue weighted by Crippen LogP contribution is 2.23. The van der Waals surface area contributed by atoms with Gasteiger partial charge in [-0.05, 0) is 31.4 Å². The Bertz CT molecular complexity index is 610. The molecule has 0 unspecified atom stereocenters.